The standard InChI is InChI=1S/C20H12O5/c21-12-3-1-2-9-17(12)15(24)8-20(25)11-5-7-14(23)18-13(22)6-4-10(16(11)18)19(9)20/h1-7,21,23,25H,8H2/t20-/m1/s1. The largest absolute Gasteiger partial charge is 0.507 e. The first-order valence-electron chi connectivity index (χ1n) is 7.85. The van der Waals surface area contributed by atoms with Crippen LogP contribution in [0.2, 0.25) is 0 Å². The number of carbonyl (C=O) groups is 2. The fourth-order valence-electron chi connectivity index (χ4n) is 4.27. The summed E-state index contributed by atoms with van der Waals surface area (Å²) in [6.45, 7) is 0. The summed E-state index contributed by atoms with van der Waals surface area (Å²) >= 11 is 0. The molecule has 0 saturated heterocycles. The summed E-state index contributed by atoms with van der Waals surface area (Å²) in [6, 6.07) is 7.64. The van der Waals surface area contributed by atoms with Crippen molar-refractivity contribution >= 4 is 22.7 Å². The van der Waals surface area contributed by atoms with E-state index in [0.29, 0.717) is 27.8 Å². The van der Waals surface area contributed by atoms with Crippen LogP contribution in [0.3, 0.4) is 0 Å². The average Bonchev–Trinajstić information content (AvgIpc) is 2.81. The Kier molecular flexibility index (Phi) is 2.42. The zero-order chi connectivity index (χ0) is 17.5. The Morgan fingerprint density at radius 2 is 1.64 bits per heavy atom. The van der Waals surface area contributed by atoms with Crippen molar-refractivity contribution in [2.45, 2.75) is 12.0 Å². The fourth-order valence-corrected chi connectivity index (χ4v) is 4.27. The van der Waals surface area contributed by atoms with E-state index in [-0.39, 0.29) is 40.6 Å². The summed E-state index contributed by atoms with van der Waals surface area (Å²) < 4.78 is 0. The van der Waals surface area contributed by atoms with E-state index >= 15 is 0 Å². The van der Waals surface area contributed by atoms with Crippen molar-refractivity contribution < 1.29 is 24.9 Å². The lowest BCUT2D eigenvalue weighted by atomic mass is 9.74. The highest BCUT2D eigenvalue weighted by Crippen LogP contribution is 2.58. The van der Waals surface area contributed by atoms with Crippen LogP contribution >= 0.6 is 0 Å². The average molecular weight is 332 g/mol. The highest BCUT2D eigenvalue weighted by Gasteiger charge is 2.51. The summed E-state index contributed by atoms with van der Waals surface area (Å²) in [6.07, 6.45) is 2.72. The van der Waals surface area contributed by atoms with Crippen molar-refractivity contribution in [3.05, 3.63) is 70.3 Å². The number of Topliss-reactive ketones (excluding diaryl/α,β-unsaturated/α-hetero) is 1. The first-order chi connectivity index (χ1) is 11.9. The molecule has 0 aromatic heterocycles. The molecular formula is C20H12O5. The fraction of sp³-hybridized carbons (Fsp3) is 0.100. The Labute approximate surface area is 142 Å². The molecule has 25 heavy (non-hydrogen) atoms. The number of benzene rings is 2. The third-order valence-electron chi connectivity index (χ3n) is 5.24. The van der Waals surface area contributed by atoms with E-state index in [1.807, 2.05) is 0 Å². The van der Waals surface area contributed by atoms with Crippen molar-refractivity contribution in [1.29, 1.82) is 0 Å². The molecule has 3 aliphatic carbocycles. The molecule has 3 aliphatic rings. The van der Waals surface area contributed by atoms with Gasteiger partial charge in [0, 0.05) is 17.6 Å². The zero-order valence-corrected chi connectivity index (χ0v) is 12.9. The van der Waals surface area contributed by atoms with E-state index in [1.54, 1.807) is 24.3 Å². The van der Waals surface area contributed by atoms with Gasteiger partial charge in [0.05, 0.1) is 11.1 Å². The molecule has 3 N–H and O–H groups in total. The van der Waals surface area contributed by atoms with E-state index in [0.717, 1.165) is 0 Å². The molecule has 0 spiro atoms. The number of carbonyl (C=O) groups excluding carboxylic acids is 2. The molecule has 2 aromatic rings. The van der Waals surface area contributed by atoms with Gasteiger partial charge >= 0.3 is 0 Å². The van der Waals surface area contributed by atoms with Gasteiger partial charge in [-0.15, -0.1) is 0 Å². The lowest BCUT2D eigenvalue weighted by Crippen LogP contribution is -2.33. The van der Waals surface area contributed by atoms with Gasteiger partial charge in [0.2, 0.25) is 0 Å². The molecule has 0 radical (unpaired) electrons. The van der Waals surface area contributed by atoms with Crippen LogP contribution in [0.5, 0.6) is 11.5 Å². The van der Waals surface area contributed by atoms with Gasteiger partial charge in [-0.05, 0) is 34.9 Å². The van der Waals surface area contributed by atoms with E-state index in [4.69, 9.17) is 0 Å². The van der Waals surface area contributed by atoms with Gasteiger partial charge < -0.3 is 15.3 Å². The van der Waals surface area contributed by atoms with Crippen LogP contribution in [-0.2, 0) is 5.60 Å². The number of allylic oxidation sites excluding steroid dienone is 3. The molecule has 1 atom stereocenters. The van der Waals surface area contributed by atoms with Crippen LogP contribution < -0.4 is 0 Å². The zero-order valence-electron chi connectivity index (χ0n) is 12.9. The van der Waals surface area contributed by atoms with E-state index in [2.05, 4.69) is 0 Å². The summed E-state index contributed by atoms with van der Waals surface area (Å²) in [7, 11) is 0. The lowest BCUT2D eigenvalue weighted by Gasteiger charge is -2.33. The van der Waals surface area contributed by atoms with Crippen LogP contribution in [0.4, 0.5) is 0 Å². The predicted octanol–water partition coefficient (Wildman–Crippen LogP) is 2.55. The molecule has 0 heterocycles. The Morgan fingerprint density at radius 3 is 2.44 bits per heavy atom. The Balaban J connectivity index is 1.97. The van der Waals surface area contributed by atoms with E-state index < -0.39 is 5.60 Å². The van der Waals surface area contributed by atoms with Crippen LogP contribution in [0.25, 0.3) is 11.1 Å². The van der Waals surface area contributed by atoms with Crippen molar-refractivity contribution in [3.8, 4) is 11.5 Å². The molecule has 0 unspecified atom stereocenters. The normalized spacial score (nSPS) is 22.8. The van der Waals surface area contributed by atoms with Crippen molar-refractivity contribution in [2.75, 3.05) is 0 Å². The second-order valence-corrected chi connectivity index (χ2v) is 6.53. The van der Waals surface area contributed by atoms with Crippen molar-refractivity contribution in [1.82, 2.24) is 0 Å². The Hall–Kier alpha value is -3.18. The van der Waals surface area contributed by atoms with E-state index in [9.17, 15) is 24.9 Å². The quantitative estimate of drug-likeness (QED) is 0.689. The van der Waals surface area contributed by atoms with Gasteiger partial charge in [-0.3, -0.25) is 9.59 Å². The summed E-state index contributed by atoms with van der Waals surface area (Å²) in [5, 5.41) is 31.7. The molecule has 5 rings (SSSR count). The number of rotatable bonds is 0. The number of hydrogen-bond donors (Lipinski definition) is 3. The molecule has 0 bridgehead atoms. The topological polar surface area (TPSA) is 94.8 Å². The van der Waals surface area contributed by atoms with Crippen LogP contribution in [0.15, 0.2) is 42.5 Å². The molecule has 5 nitrogen and oxygen atoms in total. The maximum Gasteiger partial charge on any atom is 0.190 e. The molecule has 0 fully saturated rings. The Morgan fingerprint density at radius 1 is 0.880 bits per heavy atom. The van der Waals surface area contributed by atoms with Gasteiger partial charge in [0.15, 0.2) is 11.6 Å². The lowest BCUT2D eigenvalue weighted by molar-refractivity contribution is 0.0669. The first kappa shape index (κ1) is 14.2. The van der Waals surface area contributed by atoms with Gasteiger partial charge in [-0.25, -0.2) is 0 Å². The van der Waals surface area contributed by atoms with Crippen LogP contribution in [-0.4, -0.2) is 26.9 Å². The third-order valence-corrected chi connectivity index (χ3v) is 5.24. The van der Waals surface area contributed by atoms with Crippen molar-refractivity contribution in [2.24, 2.45) is 0 Å². The number of hydrogen-bond acceptors (Lipinski definition) is 5. The van der Waals surface area contributed by atoms with E-state index in [1.165, 1.54) is 18.2 Å². The molecule has 5 heteroatoms. The maximum absolute atomic E-state index is 12.6. The molecule has 0 amide bonds. The second kappa shape index (κ2) is 4.26. The summed E-state index contributed by atoms with van der Waals surface area (Å²) in [5.74, 6) is -0.998. The Bertz CT molecular complexity index is 1090. The SMILES string of the molecule is O=C1C[C@]2(O)C(=C3C=CC(=O)c4c(O)ccc2c43)c2cccc(O)c21. The number of phenols is 2. The number of phenolic OH excluding ortho intramolecular Hbond substituents is 2. The number of aliphatic hydroxyl groups is 1. The highest BCUT2D eigenvalue weighted by atomic mass is 16.3. The van der Waals surface area contributed by atoms with Gasteiger partial charge in [-0.1, -0.05) is 24.3 Å². The monoisotopic (exact) mass is 332 g/mol. The van der Waals surface area contributed by atoms with Crippen molar-refractivity contribution in [3.63, 3.8) is 0 Å². The minimum Gasteiger partial charge on any atom is -0.507 e. The van der Waals surface area contributed by atoms with Gasteiger partial charge in [0.25, 0.3) is 0 Å². The summed E-state index contributed by atoms with van der Waals surface area (Å²) in [4.78, 5) is 24.9. The first-order valence-corrected chi connectivity index (χ1v) is 7.85. The highest BCUT2D eigenvalue weighted by molar-refractivity contribution is 6.23. The molecular weight excluding hydrogens is 320 g/mol. The number of aromatic hydroxyl groups is 2. The summed E-state index contributed by atoms with van der Waals surface area (Å²) in [5.41, 5.74) is 1.18. The molecule has 122 valence electrons. The van der Waals surface area contributed by atoms with Crippen LogP contribution in [0, 0.1) is 0 Å². The molecule has 0 aliphatic heterocycles. The van der Waals surface area contributed by atoms with Crippen LogP contribution in [0.1, 0.15) is 43.8 Å². The van der Waals surface area contributed by atoms with Gasteiger partial charge in [-0.2, -0.15) is 0 Å². The smallest absolute Gasteiger partial charge is 0.190 e. The number of ketones is 2. The molecule has 0 saturated carbocycles. The number of fused-ring (bicyclic) bond motifs is 4. The molecule has 2 aromatic carbocycles. The third kappa shape index (κ3) is 1.51. The predicted molar refractivity (Wildman–Crippen MR) is 89.3 cm³/mol. The van der Waals surface area contributed by atoms with Gasteiger partial charge in [0.1, 0.15) is 17.1 Å². The maximum atomic E-state index is 12.6. The minimum atomic E-state index is -1.58. The minimum absolute atomic E-state index is 0.132. The second-order valence-electron chi connectivity index (χ2n) is 6.53.